The minimum Gasteiger partial charge on any atom is -0.337 e. The van der Waals surface area contributed by atoms with Gasteiger partial charge in [0.15, 0.2) is 0 Å². The highest BCUT2D eigenvalue weighted by atomic mass is 32.2. The van der Waals surface area contributed by atoms with Gasteiger partial charge in [-0.25, -0.2) is 13.1 Å². The molecule has 2 fully saturated rings. The van der Waals surface area contributed by atoms with Crippen LogP contribution in [0.4, 0.5) is 5.69 Å². The Morgan fingerprint density at radius 1 is 1.20 bits per heavy atom. The summed E-state index contributed by atoms with van der Waals surface area (Å²) in [6, 6.07) is 12.2. The predicted octanol–water partition coefficient (Wildman–Crippen LogP) is 2.17. The molecular formula is C22H23N3O4S. The predicted molar refractivity (Wildman–Crippen MR) is 112 cm³/mol. The van der Waals surface area contributed by atoms with Gasteiger partial charge in [0, 0.05) is 30.4 Å². The van der Waals surface area contributed by atoms with Crippen molar-refractivity contribution in [2.45, 2.75) is 42.5 Å². The number of likely N-dealkylation sites (tertiary alicyclic amines) is 1. The maximum atomic E-state index is 13.3. The van der Waals surface area contributed by atoms with Gasteiger partial charge in [-0.15, -0.1) is 0 Å². The standard InChI is InChI=1S/C22H23N3O4S/c1-14-6-9-16(30(28,29)24-15-7-8-15)12-17(14)20(26)25-11-10-22(13-25)18-4-2-3-5-19(18)23-21(22)27/h2-6,9,12,15,24H,7-8,10-11,13H2,1H3,(H,23,27). The molecule has 7 nitrogen and oxygen atoms in total. The summed E-state index contributed by atoms with van der Waals surface area (Å²) in [5, 5.41) is 2.93. The summed E-state index contributed by atoms with van der Waals surface area (Å²) in [6.45, 7) is 2.52. The molecule has 30 heavy (non-hydrogen) atoms. The molecule has 1 atom stereocenters. The van der Waals surface area contributed by atoms with Crippen LogP contribution in [0.2, 0.25) is 0 Å². The third-order valence-electron chi connectivity index (χ3n) is 6.33. The van der Waals surface area contributed by atoms with Crippen LogP contribution in [-0.4, -0.2) is 44.3 Å². The number of sulfonamides is 1. The molecule has 1 aliphatic carbocycles. The van der Waals surface area contributed by atoms with E-state index in [9.17, 15) is 18.0 Å². The first-order chi connectivity index (χ1) is 14.3. The van der Waals surface area contributed by atoms with Crippen LogP contribution in [0.3, 0.4) is 0 Å². The fourth-order valence-corrected chi connectivity index (χ4v) is 5.75. The Hall–Kier alpha value is -2.71. The van der Waals surface area contributed by atoms with Crippen LogP contribution in [-0.2, 0) is 20.2 Å². The van der Waals surface area contributed by atoms with Crippen LogP contribution in [0.15, 0.2) is 47.4 Å². The Morgan fingerprint density at radius 3 is 2.73 bits per heavy atom. The van der Waals surface area contributed by atoms with Crippen molar-refractivity contribution >= 4 is 27.5 Å². The number of fused-ring (bicyclic) bond motifs is 2. The van der Waals surface area contributed by atoms with Crippen molar-refractivity contribution in [2.75, 3.05) is 18.4 Å². The molecule has 0 radical (unpaired) electrons. The molecule has 8 heteroatoms. The van der Waals surface area contributed by atoms with E-state index in [1.54, 1.807) is 17.9 Å². The molecule has 1 saturated heterocycles. The van der Waals surface area contributed by atoms with Crippen molar-refractivity contribution < 1.29 is 18.0 Å². The van der Waals surface area contributed by atoms with Crippen LogP contribution in [0.1, 0.15) is 40.7 Å². The molecule has 2 N–H and O–H groups in total. The third-order valence-corrected chi connectivity index (χ3v) is 7.85. The fraction of sp³-hybridized carbons (Fsp3) is 0.364. The number of carbonyl (C=O) groups excluding carboxylic acids is 2. The van der Waals surface area contributed by atoms with Crippen LogP contribution in [0.25, 0.3) is 0 Å². The van der Waals surface area contributed by atoms with Crippen LogP contribution in [0.5, 0.6) is 0 Å². The zero-order valence-electron chi connectivity index (χ0n) is 16.6. The molecule has 0 aromatic heterocycles. The topological polar surface area (TPSA) is 95.6 Å². The van der Waals surface area contributed by atoms with Gasteiger partial charge in [0.25, 0.3) is 5.91 Å². The van der Waals surface area contributed by atoms with E-state index >= 15 is 0 Å². The highest BCUT2D eigenvalue weighted by molar-refractivity contribution is 7.89. The molecule has 1 unspecified atom stereocenters. The van der Waals surface area contributed by atoms with Gasteiger partial charge in [-0.2, -0.15) is 0 Å². The lowest BCUT2D eigenvalue weighted by Crippen LogP contribution is -2.39. The van der Waals surface area contributed by atoms with Gasteiger partial charge in [-0.1, -0.05) is 24.3 Å². The number of benzene rings is 2. The van der Waals surface area contributed by atoms with E-state index in [1.165, 1.54) is 12.1 Å². The van der Waals surface area contributed by atoms with Crippen molar-refractivity contribution in [3.8, 4) is 0 Å². The van der Waals surface area contributed by atoms with Gasteiger partial charge in [0.05, 0.1) is 10.3 Å². The van der Waals surface area contributed by atoms with E-state index in [2.05, 4.69) is 10.0 Å². The first-order valence-electron chi connectivity index (χ1n) is 10.1. The Balaban J connectivity index is 1.44. The molecule has 2 heterocycles. The smallest absolute Gasteiger partial charge is 0.254 e. The fourth-order valence-electron chi connectivity index (χ4n) is 4.42. The first kappa shape index (κ1) is 19.3. The van der Waals surface area contributed by atoms with Gasteiger partial charge in [-0.05, 0) is 55.5 Å². The zero-order valence-corrected chi connectivity index (χ0v) is 17.5. The quantitative estimate of drug-likeness (QED) is 0.785. The monoisotopic (exact) mass is 425 g/mol. The molecule has 2 aliphatic heterocycles. The lowest BCUT2D eigenvalue weighted by molar-refractivity contribution is -0.120. The number of hydrogen-bond donors (Lipinski definition) is 2. The second kappa shape index (κ2) is 6.65. The summed E-state index contributed by atoms with van der Waals surface area (Å²) in [7, 11) is -3.65. The normalized spacial score (nSPS) is 23.0. The van der Waals surface area contributed by atoms with Gasteiger partial charge in [0.1, 0.15) is 0 Å². The number of para-hydroxylation sites is 1. The van der Waals surface area contributed by atoms with E-state index in [-0.39, 0.29) is 29.3 Å². The maximum Gasteiger partial charge on any atom is 0.254 e. The van der Waals surface area contributed by atoms with Crippen LogP contribution in [0, 0.1) is 6.92 Å². The van der Waals surface area contributed by atoms with Crippen molar-refractivity contribution in [2.24, 2.45) is 0 Å². The van der Waals surface area contributed by atoms with Gasteiger partial charge >= 0.3 is 0 Å². The highest BCUT2D eigenvalue weighted by Gasteiger charge is 2.52. The summed E-state index contributed by atoms with van der Waals surface area (Å²) in [5.41, 5.74) is 2.05. The van der Waals surface area contributed by atoms with Gasteiger partial charge in [0.2, 0.25) is 15.9 Å². The van der Waals surface area contributed by atoms with E-state index < -0.39 is 15.4 Å². The molecule has 2 aromatic carbocycles. The molecule has 156 valence electrons. The van der Waals surface area contributed by atoms with Crippen LogP contribution >= 0.6 is 0 Å². The van der Waals surface area contributed by atoms with E-state index in [0.717, 1.165) is 24.1 Å². The van der Waals surface area contributed by atoms with Crippen LogP contribution < -0.4 is 10.0 Å². The molecule has 3 aliphatic rings. The number of amides is 2. The summed E-state index contributed by atoms with van der Waals surface area (Å²) in [5.74, 6) is -0.328. The summed E-state index contributed by atoms with van der Waals surface area (Å²) in [4.78, 5) is 27.9. The maximum absolute atomic E-state index is 13.3. The molecule has 5 rings (SSSR count). The zero-order chi connectivity index (χ0) is 21.1. The average molecular weight is 426 g/mol. The molecular weight excluding hydrogens is 402 g/mol. The average Bonchev–Trinajstić information content (AvgIpc) is 3.33. The molecule has 1 spiro atoms. The molecule has 2 amide bonds. The number of nitrogens with zero attached hydrogens (tertiary/aromatic N) is 1. The SMILES string of the molecule is Cc1ccc(S(=O)(=O)NC2CC2)cc1C(=O)N1CCC2(C1)C(=O)Nc1ccccc12. The van der Waals surface area contributed by atoms with Crippen molar-refractivity contribution in [3.05, 3.63) is 59.2 Å². The minimum absolute atomic E-state index is 0.00478. The number of nitrogens with one attached hydrogen (secondary N) is 2. The van der Waals surface area contributed by atoms with Gasteiger partial charge < -0.3 is 10.2 Å². The Morgan fingerprint density at radius 2 is 1.97 bits per heavy atom. The molecule has 0 bridgehead atoms. The second-order valence-corrected chi connectivity index (χ2v) is 10.1. The summed E-state index contributed by atoms with van der Waals surface area (Å²) < 4.78 is 27.8. The lowest BCUT2D eigenvalue weighted by Gasteiger charge is -2.23. The Labute approximate surface area is 175 Å². The number of anilines is 1. The Kier molecular flexibility index (Phi) is 4.27. The number of rotatable bonds is 4. The number of carbonyl (C=O) groups is 2. The van der Waals surface area contributed by atoms with E-state index in [4.69, 9.17) is 0 Å². The first-order valence-corrected chi connectivity index (χ1v) is 11.6. The minimum atomic E-state index is -3.65. The summed E-state index contributed by atoms with van der Waals surface area (Å²) >= 11 is 0. The largest absolute Gasteiger partial charge is 0.337 e. The molecule has 1 saturated carbocycles. The number of aryl methyl sites for hydroxylation is 1. The van der Waals surface area contributed by atoms with E-state index in [1.807, 2.05) is 24.3 Å². The summed E-state index contributed by atoms with van der Waals surface area (Å²) in [6.07, 6.45) is 2.23. The lowest BCUT2D eigenvalue weighted by atomic mass is 9.81. The highest BCUT2D eigenvalue weighted by Crippen LogP contribution is 2.44. The second-order valence-electron chi connectivity index (χ2n) is 8.43. The Bertz CT molecular complexity index is 1170. The van der Waals surface area contributed by atoms with Crippen molar-refractivity contribution in [1.29, 1.82) is 0 Å². The van der Waals surface area contributed by atoms with Crippen molar-refractivity contribution in [1.82, 2.24) is 9.62 Å². The van der Waals surface area contributed by atoms with E-state index in [0.29, 0.717) is 24.1 Å². The third kappa shape index (κ3) is 3.02. The molecule has 2 aromatic rings. The van der Waals surface area contributed by atoms with Gasteiger partial charge in [-0.3, -0.25) is 9.59 Å². The van der Waals surface area contributed by atoms with Crippen molar-refractivity contribution in [3.63, 3.8) is 0 Å². The number of hydrogen-bond acceptors (Lipinski definition) is 4.